The fourth-order valence-corrected chi connectivity index (χ4v) is 2.42. The molecule has 2 heterocycles. The van der Waals surface area contributed by atoms with E-state index in [4.69, 9.17) is 9.47 Å². The zero-order valence-corrected chi connectivity index (χ0v) is 20.1. The molecule has 8 nitrogen and oxygen atoms in total. The highest BCUT2D eigenvalue weighted by molar-refractivity contribution is 14.0. The maximum atomic E-state index is 5.54. The summed E-state index contributed by atoms with van der Waals surface area (Å²) in [5.41, 5.74) is 0. The van der Waals surface area contributed by atoms with Crippen molar-refractivity contribution in [2.24, 2.45) is 9.98 Å². The first kappa shape index (κ1) is 25.9. The third-order valence-corrected chi connectivity index (χ3v) is 3.74. The van der Waals surface area contributed by atoms with E-state index in [-0.39, 0.29) is 48.0 Å². The Morgan fingerprint density at radius 2 is 1.15 bits per heavy atom. The summed E-state index contributed by atoms with van der Waals surface area (Å²) in [7, 11) is 0. The van der Waals surface area contributed by atoms with E-state index in [1.165, 1.54) is 12.8 Å². The Morgan fingerprint density at radius 1 is 0.692 bits per heavy atom. The quantitative estimate of drug-likeness (QED) is 0.234. The minimum atomic E-state index is 0. The number of aliphatic imine (C=N–C) groups is 2. The van der Waals surface area contributed by atoms with E-state index >= 15 is 0 Å². The summed E-state index contributed by atoms with van der Waals surface area (Å²) in [6.07, 6.45) is 4.68. The van der Waals surface area contributed by atoms with Gasteiger partial charge < -0.3 is 30.7 Å². The van der Waals surface area contributed by atoms with Gasteiger partial charge in [0.1, 0.15) is 0 Å². The minimum absolute atomic E-state index is 0. The van der Waals surface area contributed by atoms with Crippen LogP contribution in [0.5, 0.6) is 0 Å². The molecule has 26 heavy (non-hydrogen) atoms. The lowest BCUT2D eigenvalue weighted by Crippen LogP contribution is -2.39. The van der Waals surface area contributed by atoms with Gasteiger partial charge in [-0.3, -0.25) is 9.98 Å². The van der Waals surface area contributed by atoms with Gasteiger partial charge in [0.25, 0.3) is 0 Å². The van der Waals surface area contributed by atoms with Gasteiger partial charge in [-0.2, -0.15) is 0 Å². The summed E-state index contributed by atoms with van der Waals surface area (Å²) >= 11 is 0. The molecule has 0 unspecified atom stereocenters. The van der Waals surface area contributed by atoms with Crippen molar-refractivity contribution in [3.8, 4) is 0 Å². The van der Waals surface area contributed by atoms with Gasteiger partial charge in [0, 0.05) is 39.3 Å². The Hall–Kier alpha value is -0.0800. The first-order valence-electron chi connectivity index (χ1n) is 9.15. The molecule has 0 aromatic carbocycles. The highest BCUT2D eigenvalue weighted by Crippen LogP contribution is 1.93. The Kier molecular flexibility index (Phi) is 18.2. The molecule has 0 aromatic heterocycles. The summed E-state index contributed by atoms with van der Waals surface area (Å²) < 4.78 is 11.1. The van der Waals surface area contributed by atoms with Crippen molar-refractivity contribution in [1.29, 1.82) is 0 Å². The summed E-state index contributed by atoms with van der Waals surface area (Å²) in [6.45, 7) is 7.86. The summed E-state index contributed by atoms with van der Waals surface area (Å²) in [4.78, 5) is 8.86. The third kappa shape index (κ3) is 13.1. The molecule has 2 aliphatic heterocycles. The first-order chi connectivity index (χ1) is 11.9. The van der Waals surface area contributed by atoms with Crippen LogP contribution in [0, 0.1) is 0 Å². The molecule has 0 amide bonds. The van der Waals surface area contributed by atoms with Crippen molar-refractivity contribution in [2.75, 3.05) is 65.7 Å². The lowest BCUT2D eigenvalue weighted by atomic mass is 10.3. The van der Waals surface area contributed by atoms with E-state index in [2.05, 4.69) is 31.3 Å². The van der Waals surface area contributed by atoms with Crippen LogP contribution >= 0.6 is 48.0 Å². The van der Waals surface area contributed by atoms with Gasteiger partial charge in [-0.15, -0.1) is 48.0 Å². The molecular weight excluding hydrogens is 562 g/mol. The second kappa shape index (κ2) is 18.3. The van der Waals surface area contributed by atoms with Crippen molar-refractivity contribution >= 4 is 59.9 Å². The van der Waals surface area contributed by atoms with Gasteiger partial charge in [-0.1, -0.05) is 0 Å². The van der Waals surface area contributed by atoms with Crippen LogP contribution in [0.2, 0.25) is 0 Å². The molecule has 0 saturated heterocycles. The Morgan fingerprint density at radius 3 is 1.62 bits per heavy atom. The number of hydrogen-bond acceptors (Lipinski definition) is 8. The average Bonchev–Trinajstić information content (AvgIpc) is 3.01. The van der Waals surface area contributed by atoms with Crippen molar-refractivity contribution in [3.63, 3.8) is 0 Å². The molecule has 0 atom stereocenters. The van der Waals surface area contributed by atoms with E-state index in [0.717, 1.165) is 64.0 Å². The Balaban J connectivity index is 0.00000312. The maximum Gasteiger partial charge on any atom is 0.191 e. The first-order valence-corrected chi connectivity index (χ1v) is 9.15. The second-order valence-corrected chi connectivity index (χ2v) is 5.81. The number of nitrogens with zero attached hydrogens (tertiary/aromatic N) is 2. The van der Waals surface area contributed by atoms with Crippen LogP contribution in [-0.4, -0.2) is 77.6 Å². The fourth-order valence-electron chi connectivity index (χ4n) is 2.42. The van der Waals surface area contributed by atoms with Crippen LogP contribution in [-0.2, 0) is 9.47 Å². The number of ether oxygens (including phenoxy) is 2. The van der Waals surface area contributed by atoms with Crippen molar-refractivity contribution in [1.82, 2.24) is 21.3 Å². The molecule has 0 aliphatic carbocycles. The molecule has 0 radical (unpaired) electrons. The topological polar surface area (TPSA) is 91.3 Å². The SMILES string of the molecule is C1CCNC(NCCOCCOCCNC2=NCCCCN2)=NC1.I.I. The largest absolute Gasteiger partial charge is 0.377 e. The number of halogens is 2. The molecule has 10 heteroatoms. The molecule has 0 spiro atoms. The van der Waals surface area contributed by atoms with Gasteiger partial charge in [0.05, 0.1) is 26.4 Å². The molecule has 4 N–H and O–H groups in total. The van der Waals surface area contributed by atoms with Gasteiger partial charge >= 0.3 is 0 Å². The maximum absolute atomic E-state index is 5.54. The van der Waals surface area contributed by atoms with Gasteiger partial charge in [-0.25, -0.2) is 0 Å². The van der Waals surface area contributed by atoms with Crippen LogP contribution < -0.4 is 21.3 Å². The van der Waals surface area contributed by atoms with Gasteiger partial charge in [0.15, 0.2) is 11.9 Å². The second-order valence-electron chi connectivity index (χ2n) is 5.81. The zero-order valence-electron chi connectivity index (χ0n) is 15.4. The summed E-state index contributed by atoms with van der Waals surface area (Å²) in [5, 5.41) is 13.1. The van der Waals surface area contributed by atoms with Gasteiger partial charge in [0.2, 0.25) is 0 Å². The Labute approximate surface area is 191 Å². The lowest BCUT2D eigenvalue weighted by molar-refractivity contribution is 0.0518. The molecule has 0 aromatic rings. The van der Waals surface area contributed by atoms with Crippen LogP contribution in [0.4, 0.5) is 0 Å². The monoisotopic (exact) mass is 596 g/mol. The zero-order chi connectivity index (χ0) is 16.7. The lowest BCUT2D eigenvalue weighted by Gasteiger charge is -2.11. The highest BCUT2D eigenvalue weighted by Gasteiger charge is 2.02. The summed E-state index contributed by atoms with van der Waals surface area (Å²) in [5.74, 6) is 1.79. The third-order valence-electron chi connectivity index (χ3n) is 3.74. The number of hydrogen-bond donors (Lipinski definition) is 4. The minimum Gasteiger partial charge on any atom is -0.377 e. The van der Waals surface area contributed by atoms with Crippen molar-refractivity contribution < 1.29 is 9.47 Å². The van der Waals surface area contributed by atoms with Crippen molar-refractivity contribution in [2.45, 2.75) is 25.7 Å². The Bertz CT molecular complexity index is 363. The predicted octanol–water partition coefficient (Wildman–Crippen LogP) is 0.914. The van der Waals surface area contributed by atoms with E-state index < -0.39 is 0 Å². The number of guanidine groups is 2. The molecule has 2 aliphatic rings. The normalized spacial score (nSPS) is 16.9. The van der Waals surface area contributed by atoms with Crippen LogP contribution in [0.25, 0.3) is 0 Å². The number of rotatable bonds is 9. The van der Waals surface area contributed by atoms with E-state index in [9.17, 15) is 0 Å². The van der Waals surface area contributed by atoms with Gasteiger partial charge in [-0.05, 0) is 25.7 Å². The molecule has 154 valence electrons. The molecule has 2 rings (SSSR count). The van der Waals surface area contributed by atoms with Crippen LogP contribution in [0.1, 0.15) is 25.7 Å². The van der Waals surface area contributed by atoms with E-state index in [1.54, 1.807) is 0 Å². The van der Waals surface area contributed by atoms with E-state index in [1.807, 2.05) is 0 Å². The fraction of sp³-hybridized carbons (Fsp3) is 0.875. The van der Waals surface area contributed by atoms with Crippen LogP contribution in [0.15, 0.2) is 9.98 Å². The number of nitrogens with one attached hydrogen (secondary N) is 4. The molecule has 0 bridgehead atoms. The smallest absolute Gasteiger partial charge is 0.191 e. The van der Waals surface area contributed by atoms with E-state index in [0.29, 0.717) is 26.4 Å². The molecular formula is C16H34I2N6O2. The standard InChI is InChI=1S/C16H32N6O2.2HI/c1-2-6-18-15(17-5-1)21-9-11-23-13-14-24-12-10-22-16-19-7-3-4-8-20-16;;/h1-14H2,(H2,17,18,21)(H2,19,20,22);2*1H. The molecule has 0 fully saturated rings. The highest BCUT2D eigenvalue weighted by atomic mass is 127. The molecule has 0 saturated carbocycles. The summed E-state index contributed by atoms with van der Waals surface area (Å²) in [6, 6.07) is 0. The van der Waals surface area contributed by atoms with Crippen LogP contribution in [0.3, 0.4) is 0 Å². The van der Waals surface area contributed by atoms with Crippen molar-refractivity contribution in [3.05, 3.63) is 0 Å². The average molecular weight is 596 g/mol. The predicted molar refractivity (Wildman–Crippen MR) is 128 cm³/mol.